The summed E-state index contributed by atoms with van der Waals surface area (Å²) in [5.41, 5.74) is 0. The fourth-order valence-corrected chi connectivity index (χ4v) is 1.08. The van der Waals surface area contributed by atoms with Crippen molar-refractivity contribution < 1.29 is 18.9 Å². The smallest absolute Gasteiger partial charge is 0.186 e. The van der Waals surface area contributed by atoms with Gasteiger partial charge in [-0.2, -0.15) is 0 Å². The van der Waals surface area contributed by atoms with Gasteiger partial charge in [0, 0.05) is 6.61 Å². The molecule has 2 rings (SSSR count). The van der Waals surface area contributed by atoms with E-state index in [9.17, 15) is 0 Å². The van der Waals surface area contributed by atoms with E-state index in [1.807, 2.05) is 0 Å². The third-order valence-corrected chi connectivity index (χ3v) is 2.00. The van der Waals surface area contributed by atoms with Crippen LogP contribution in [-0.4, -0.2) is 44.9 Å². The molecular formula is C9H16O4. The van der Waals surface area contributed by atoms with Gasteiger partial charge in [0.05, 0.1) is 19.8 Å². The topological polar surface area (TPSA) is 43.5 Å². The fraction of sp³-hybridized carbons (Fsp3) is 1.00. The van der Waals surface area contributed by atoms with Crippen LogP contribution in [0.15, 0.2) is 0 Å². The van der Waals surface area contributed by atoms with E-state index in [-0.39, 0.29) is 12.4 Å². The minimum absolute atomic E-state index is 0.158. The lowest BCUT2D eigenvalue weighted by atomic mass is 10.4. The molecule has 0 radical (unpaired) electrons. The van der Waals surface area contributed by atoms with E-state index in [0.29, 0.717) is 12.7 Å². The molecule has 0 N–H and O–H groups in total. The molecule has 2 aliphatic heterocycles. The first kappa shape index (κ1) is 9.40. The Kier molecular flexibility index (Phi) is 3.16. The summed E-state index contributed by atoms with van der Waals surface area (Å²) < 4.78 is 21.2. The van der Waals surface area contributed by atoms with Crippen molar-refractivity contribution in [3.8, 4) is 0 Å². The Labute approximate surface area is 78.1 Å². The highest BCUT2D eigenvalue weighted by Gasteiger charge is 2.36. The van der Waals surface area contributed by atoms with E-state index in [4.69, 9.17) is 18.9 Å². The lowest BCUT2D eigenvalue weighted by Crippen LogP contribution is -2.26. The monoisotopic (exact) mass is 188 g/mol. The van der Waals surface area contributed by atoms with Gasteiger partial charge in [-0.3, -0.25) is 0 Å². The summed E-state index contributed by atoms with van der Waals surface area (Å²) >= 11 is 0. The van der Waals surface area contributed by atoms with Crippen molar-refractivity contribution in [1.82, 2.24) is 0 Å². The van der Waals surface area contributed by atoms with Crippen LogP contribution in [0.5, 0.6) is 0 Å². The SMILES string of the molecule is CCCOC(OCC1CO1)C1CO1. The summed E-state index contributed by atoms with van der Waals surface area (Å²) in [6, 6.07) is 0. The van der Waals surface area contributed by atoms with Crippen molar-refractivity contribution in [1.29, 1.82) is 0 Å². The van der Waals surface area contributed by atoms with E-state index in [2.05, 4.69) is 6.92 Å². The molecule has 3 atom stereocenters. The van der Waals surface area contributed by atoms with E-state index in [1.54, 1.807) is 0 Å². The predicted molar refractivity (Wildman–Crippen MR) is 45.5 cm³/mol. The quantitative estimate of drug-likeness (QED) is 0.432. The number of hydrogen-bond donors (Lipinski definition) is 0. The molecule has 0 saturated carbocycles. The molecule has 0 spiro atoms. The first-order valence-corrected chi connectivity index (χ1v) is 4.86. The van der Waals surface area contributed by atoms with Crippen LogP contribution in [0.4, 0.5) is 0 Å². The Bertz CT molecular complexity index is 154. The maximum atomic E-state index is 5.52. The van der Waals surface area contributed by atoms with Crippen molar-refractivity contribution >= 4 is 0 Å². The van der Waals surface area contributed by atoms with Gasteiger partial charge in [0.15, 0.2) is 6.29 Å². The largest absolute Gasteiger partial charge is 0.371 e. The predicted octanol–water partition coefficient (Wildman–Crippen LogP) is 0.553. The van der Waals surface area contributed by atoms with Gasteiger partial charge < -0.3 is 18.9 Å². The Hall–Kier alpha value is -0.160. The number of rotatable bonds is 7. The van der Waals surface area contributed by atoms with Crippen molar-refractivity contribution in [2.45, 2.75) is 31.8 Å². The summed E-state index contributed by atoms with van der Waals surface area (Å²) in [4.78, 5) is 0. The first-order chi connectivity index (χ1) is 6.40. The van der Waals surface area contributed by atoms with E-state index in [0.717, 1.165) is 26.2 Å². The Balaban J connectivity index is 1.62. The zero-order valence-electron chi connectivity index (χ0n) is 7.90. The molecule has 4 nitrogen and oxygen atoms in total. The lowest BCUT2D eigenvalue weighted by molar-refractivity contribution is -0.155. The molecule has 3 unspecified atom stereocenters. The van der Waals surface area contributed by atoms with Gasteiger partial charge in [0.2, 0.25) is 0 Å². The Morgan fingerprint density at radius 2 is 2.08 bits per heavy atom. The Morgan fingerprint density at radius 1 is 1.31 bits per heavy atom. The molecule has 0 aliphatic carbocycles. The molecule has 4 heteroatoms. The molecule has 0 aromatic heterocycles. The zero-order chi connectivity index (χ0) is 9.10. The second-order valence-corrected chi connectivity index (χ2v) is 3.40. The third-order valence-electron chi connectivity index (χ3n) is 2.00. The second kappa shape index (κ2) is 4.37. The number of hydrogen-bond acceptors (Lipinski definition) is 4. The molecule has 0 bridgehead atoms. The molecule has 2 fully saturated rings. The minimum Gasteiger partial charge on any atom is -0.371 e. The average Bonchev–Trinajstić information content (AvgIpc) is 2.99. The molecule has 13 heavy (non-hydrogen) atoms. The van der Waals surface area contributed by atoms with Crippen LogP contribution in [0.3, 0.4) is 0 Å². The highest BCUT2D eigenvalue weighted by Crippen LogP contribution is 2.20. The van der Waals surface area contributed by atoms with Crippen LogP contribution < -0.4 is 0 Å². The van der Waals surface area contributed by atoms with Gasteiger partial charge >= 0.3 is 0 Å². The molecule has 76 valence electrons. The molecule has 0 aromatic carbocycles. The van der Waals surface area contributed by atoms with Gasteiger partial charge in [-0.25, -0.2) is 0 Å². The Morgan fingerprint density at radius 3 is 2.62 bits per heavy atom. The van der Waals surface area contributed by atoms with Gasteiger partial charge in [-0.05, 0) is 6.42 Å². The normalized spacial score (nSPS) is 33.0. The maximum absolute atomic E-state index is 5.52. The first-order valence-electron chi connectivity index (χ1n) is 4.86. The van der Waals surface area contributed by atoms with Crippen molar-refractivity contribution in [3.63, 3.8) is 0 Å². The van der Waals surface area contributed by atoms with Crippen LogP contribution in [-0.2, 0) is 18.9 Å². The van der Waals surface area contributed by atoms with Crippen LogP contribution in [0, 0.1) is 0 Å². The number of ether oxygens (including phenoxy) is 4. The average molecular weight is 188 g/mol. The van der Waals surface area contributed by atoms with Crippen molar-refractivity contribution in [2.24, 2.45) is 0 Å². The van der Waals surface area contributed by atoms with Crippen LogP contribution in [0.1, 0.15) is 13.3 Å². The molecule has 0 amide bonds. The molecule has 2 aliphatic rings. The number of epoxide rings is 2. The van der Waals surface area contributed by atoms with Crippen molar-refractivity contribution in [2.75, 3.05) is 26.4 Å². The van der Waals surface area contributed by atoms with E-state index < -0.39 is 0 Å². The van der Waals surface area contributed by atoms with Gasteiger partial charge in [0.1, 0.15) is 12.2 Å². The van der Waals surface area contributed by atoms with E-state index >= 15 is 0 Å². The molecule has 0 aromatic rings. The minimum atomic E-state index is -0.177. The lowest BCUT2D eigenvalue weighted by Gasteiger charge is -2.15. The summed E-state index contributed by atoms with van der Waals surface area (Å²) in [5.74, 6) is 0. The highest BCUT2D eigenvalue weighted by atomic mass is 16.7. The van der Waals surface area contributed by atoms with Crippen LogP contribution >= 0.6 is 0 Å². The molecule has 2 heterocycles. The third kappa shape index (κ3) is 3.23. The fourth-order valence-electron chi connectivity index (χ4n) is 1.08. The highest BCUT2D eigenvalue weighted by molar-refractivity contribution is 4.75. The summed E-state index contributed by atoms with van der Waals surface area (Å²) in [7, 11) is 0. The van der Waals surface area contributed by atoms with Crippen LogP contribution in [0.25, 0.3) is 0 Å². The van der Waals surface area contributed by atoms with Gasteiger partial charge in [-0.1, -0.05) is 6.92 Å². The van der Waals surface area contributed by atoms with Gasteiger partial charge in [0.25, 0.3) is 0 Å². The summed E-state index contributed by atoms with van der Waals surface area (Å²) in [6.45, 7) is 5.03. The summed E-state index contributed by atoms with van der Waals surface area (Å²) in [5, 5.41) is 0. The van der Waals surface area contributed by atoms with Gasteiger partial charge in [-0.15, -0.1) is 0 Å². The van der Waals surface area contributed by atoms with E-state index in [1.165, 1.54) is 0 Å². The zero-order valence-corrected chi connectivity index (χ0v) is 7.90. The standard InChI is InChI=1S/C9H16O4/c1-2-3-10-9(8-6-12-8)13-5-7-4-11-7/h7-9H,2-6H2,1H3. The maximum Gasteiger partial charge on any atom is 0.186 e. The van der Waals surface area contributed by atoms with Crippen molar-refractivity contribution in [3.05, 3.63) is 0 Å². The molecular weight excluding hydrogens is 172 g/mol. The molecule has 2 saturated heterocycles. The summed E-state index contributed by atoms with van der Waals surface area (Å²) in [6.07, 6.45) is 1.29. The van der Waals surface area contributed by atoms with Crippen LogP contribution in [0.2, 0.25) is 0 Å². The second-order valence-electron chi connectivity index (χ2n) is 3.40.